The number of carbonyl (C=O) groups excluding carboxylic acids is 1. The summed E-state index contributed by atoms with van der Waals surface area (Å²) in [7, 11) is 0. The van der Waals surface area contributed by atoms with Crippen molar-refractivity contribution in [2.24, 2.45) is 5.92 Å². The zero-order chi connectivity index (χ0) is 9.68. The monoisotopic (exact) mass is 185 g/mol. The minimum Gasteiger partial charge on any atom is -0.463 e. The van der Waals surface area contributed by atoms with E-state index in [-0.39, 0.29) is 12.1 Å². The summed E-state index contributed by atoms with van der Waals surface area (Å²) in [5, 5.41) is 3.29. The van der Waals surface area contributed by atoms with Crippen molar-refractivity contribution in [2.75, 3.05) is 13.1 Å². The maximum Gasteiger partial charge on any atom is 0.306 e. The van der Waals surface area contributed by atoms with Gasteiger partial charge in [0.25, 0.3) is 0 Å². The lowest BCUT2D eigenvalue weighted by Gasteiger charge is -2.22. The lowest BCUT2D eigenvalue weighted by atomic mass is 9.96. The number of hydrogen-bond acceptors (Lipinski definition) is 3. The predicted molar refractivity (Wildman–Crippen MR) is 51.4 cm³/mol. The third-order valence-electron chi connectivity index (χ3n) is 2.22. The van der Waals surface area contributed by atoms with Crippen LogP contribution in [0, 0.1) is 5.92 Å². The minimum atomic E-state index is -0.0521. The average Bonchev–Trinajstić information content (AvgIpc) is 2.04. The van der Waals surface area contributed by atoms with Gasteiger partial charge in [0.1, 0.15) is 0 Å². The van der Waals surface area contributed by atoms with Crippen molar-refractivity contribution in [3.8, 4) is 0 Å². The first-order valence-electron chi connectivity index (χ1n) is 5.08. The van der Waals surface area contributed by atoms with Crippen LogP contribution in [0.3, 0.4) is 0 Å². The fraction of sp³-hybridized carbons (Fsp3) is 0.900. The lowest BCUT2D eigenvalue weighted by Crippen LogP contribution is -2.31. The van der Waals surface area contributed by atoms with Gasteiger partial charge in [-0.25, -0.2) is 0 Å². The van der Waals surface area contributed by atoms with Crippen LogP contribution in [0.2, 0.25) is 0 Å². The lowest BCUT2D eigenvalue weighted by molar-refractivity contribution is -0.148. The molecule has 0 saturated carbocycles. The summed E-state index contributed by atoms with van der Waals surface area (Å²) in [6.07, 6.45) is 2.93. The fourth-order valence-electron chi connectivity index (χ4n) is 1.64. The average molecular weight is 185 g/mol. The van der Waals surface area contributed by atoms with E-state index < -0.39 is 0 Å². The predicted octanol–water partition coefficient (Wildman–Crippen LogP) is 1.33. The van der Waals surface area contributed by atoms with Gasteiger partial charge in [-0.1, -0.05) is 0 Å². The second-order valence-electron chi connectivity index (χ2n) is 3.96. The third-order valence-corrected chi connectivity index (χ3v) is 2.22. The van der Waals surface area contributed by atoms with E-state index in [9.17, 15) is 4.79 Å². The highest BCUT2D eigenvalue weighted by molar-refractivity contribution is 5.69. The molecule has 1 aliphatic heterocycles. The molecule has 13 heavy (non-hydrogen) atoms. The summed E-state index contributed by atoms with van der Waals surface area (Å²) in [4.78, 5) is 11.3. The topological polar surface area (TPSA) is 38.3 Å². The quantitative estimate of drug-likeness (QED) is 0.674. The van der Waals surface area contributed by atoms with E-state index in [4.69, 9.17) is 4.74 Å². The fourth-order valence-corrected chi connectivity index (χ4v) is 1.64. The molecular formula is C10H19NO2. The maximum absolute atomic E-state index is 11.3. The molecule has 0 spiro atoms. The largest absolute Gasteiger partial charge is 0.463 e. The van der Waals surface area contributed by atoms with E-state index in [1.54, 1.807) is 0 Å². The van der Waals surface area contributed by atoms with Gasteiger partial charge in [-0.05, 0) is 45.7 Å². The summed E-state index contributed by atoms with van der Waals surface area (Å²) in [5.74, 6) is 0.434. The number of piperidine rings is 1. The Kier molecular flexibility index (Phi) is 4.22. The zero-order valence-corrected chi connectivity index (χ0v) is 8.51. The van der Waals surface area contributed by atoms with Crippen molar-refractivity contribution in [2.45, 2.75) is 39.2 Å². The van der Waals surface area contributed by atoms with E-state index in [0.29, 0.717) is 12.3 Å². The molecule has 76 valence electrons. The molecule has 0 aliphatic carbocycles. The van der Waals surface area contributed by atoms with Crippen LogP contribution in [0.5, 0.6) is 0 Å². The van der Waals surface area contributed by atoms with E-state index in [1.807, 2.05) is 13.8 Å². The Morgan fingerprint density at radius 1 is 1.62 bits per heavy atom. The van der Waals surface area contributed by atoms with Crippen LogP contribution in [0.4, 0.5) is 0 Å². The summed E-state index contributed by atoms with van der Waals surface area (Å²) in [6.45, 7) is 5.83. The second-order valence-corrected chi connectivity index (χ2v) is 3.96. The molecule has 0 aromatic carbocycles. The summed E-state index contributed by atoms with van der Waals surface area (Å²) in [6, 6.07) is 0. The molecule has 0 aromatic rings. The van der Waals surface area contributed by atoms with Gasteiger partial charge >= 0.3 is 5.97 Å². The highest BCUT2D eigenvalue weighted by Crippen LogP contribution is 2.14. The van der Waals surface area contributed by atoms with Crippen molar-refractivity contribution in [3.05, 3.63) is 0 Å². The number of nitrogens with one attached hydrogen (secondary N) is 1. The van der Waals surface area contributed by atoms with Gasteiger partial charge < -0.3 is 10.1 Å². The Bertz CT molecular complexity index is 162. The van der Waals surface area contributed by atoms with Gasteiger partial charge in [-0.3, -0.25) is 4.79 Å². The Hall–Kier alpha value is -0.570. The molecular weight excluding hydrogens is 166 g/mol. The standard InChI is InChI=1S/C10H19NO2/c1-8(2)13-10(12)6-9-4-3-5-11-7-9/h8-9,11H,3-7H2,1-2H3/t9-/m1/s1. The number of rotatable bonds is 3. The highest BCUT2D eigenvalue weighted by Gasteiger charge is 2.17. The Labute approximate surface area is 79.8 Å². The summed E-state index contributed by atoms with van der Waals surface area (Å²) in [5.41, 5.74) is 0. The van der Waals surface area contributed by atoms with Crippen molar-refractivity contribution in [1.82, 2.24) is 5.32 Å². The summed E-state index contributed by atoms with van der Waals surface area (Å²) >= 11 is 0. The van der Waals surface area contributed by atoms with Crippen molar-refractivity contribution in [1.29, 1.82) is 0 Å². The van der Waals surface area contributed by atoms with Gasteiger partial charge in [0.2, 0.25) is 0 Å². The maximum atomic E-state index is 11.3. The molecule has 0 aromatic heterocycles. The van der Waals surface area contributed by atoms with Gasteiger partial charge in [0.05, 0.1) is 6.10 Å². The molecule has 0 amide bonds. The first kappa shape index (κ1) is 10.5. The van der Waals surface area contributed by atoms with Gasteiger partial charge in [0.15, 0.2) is 0 Å². The van der Waals surface area contributed by atoms with Crippen LogP contribution in [-0.2, 0) is 9.53 Å². The molecule has 3 heteroatoms. The zero-order valence-electron chi connectivity index (χ0n) is 8.51. The molecule has 0 radical (unpaired) electrons. The molecule has 1 atom stereocenters. The van der Waals surface area contributed by atoms with Crippen LogP contribution in [0.15, 0.2) is 0 Å². The van der Waals surface area contributed by atoms with Crippen molar-refractivity contribution in [3.63, 3.8) is 0 Å². The Morgan fingerprint density at radius 3 is 2.92 bits per heavy atom. The summed E-state index contributed by atoms with van der Waals surface area (Å²) < 4.78 is 5.09. The van der Waals surface area contributed by atoms with Crippen LogP contribution in [0.25, 0.3) is 0 Å². The molecule has 1 fully saturated rings. The van der Waals surface area contributed by atoms with E-state index in [1.165, 1.54) is 6.42 Å². The van der Waals surface area contributed by atoms with Gasteiger partial charge in [0, 0.05) is 6.42 Å². The van der Waals surface area contributed by atoms with Gasteiger partial charge in [-0.2, -0.15) is 0 Å². The Morgan fingerprint density at radius 2 is 2.38 bits per heavy atom. The highest BCUT2D eigenvalue weighted by atomic mass is 16.5. The molecule has 1 N–H and O–H groups in total. The molecule has 1 heterocycles. The second kappa shape index (κ2) is 5.22. The van der Waals surface area contributed by atoms with E-state index in [0.717, 1.165) is 19.5 Å². The first-order valence-corrected chi connectivity index (χ1v) is 5.08. The molecule has 1 aliphatic rings. The SMILES string of the molecule is CC(C)OC(=O)C[C@H]1CCCNC1. The number of hydrogen-bond donors (Lipinski definition) is 1. The van der Waals surface area contributed by atoms with Gasteiger partial charge in [-0.15, -0.1) is 0 Å². The molecule has 1 saturated heterocycles. The first-order chi connectivity index (χ1) is 6.18. The smallest absolute Gasteiger partial charge is 0.306 e. The number of esters is 1. The number of ether oxygens (including phenoxy) is 1. The molecule has 1 rings (SSSR count). The van der Waals surface area contributed by atoms with E-state index >= 15 is 0 Å². The normalized spacial score (nSPS) is 23.2. The van der Waals surface area contributed by atoms with Crippen molar-refractivity contribution >= 4 is 5.97 Å². The number of carbonyl (C=O) groups is 1. The molecule has 0 bridgehead atoms. The third kappa shape index (κ3) is 4.27. The van der Waals surface area contributed by atoms with Crippen LogP contribution >= 0.6 is 0 Å². The Balaban J connectivity index is 2.18. The molecule has 0 unspecified atom stereocenters. The molecule has 3 nitrogen and oxygen atoms in total. The van der Waals surface area contributed by atoms with Crippen LogP contribution < -0.4 is 5.32 Å². The van der Waals surface area contributed by atoms with Crippen LogP contribution in [-0.4, -0.2) is 25.2 Å². The van der Waals surface area contributed by atoms with E-state index in [2.05, 4.69) is 5.32 Å². The van der Waals surface area contributed by atoms with Crippen LogP contribution in [0.1, 0.15) is 33.1 Å². The van der Waals surface area contributed by atoms with Crippen molar-refractivity contribution < 1.29 is 9.53 Å². The minimum absolute atomic E-state index is 0.0176.